The Morgan fingerprint density at radius 1 is 0.974 bits per heavy atom. The van der Waals surface area contributed by atoms with Gasteiger partial charge in [-0.15, -0.1) is 22.7 Å². The third-order valence-corrected chi connectivity index (χ3v) is 10.3. The van der Waals surface area contributed by atoms with Gasteiger partial charge in [-0.3, -0.25) is 4.79 Å². The van der Waals surface area contributed by atoms with Gasteiger partial charge < -0.3 is 19.1 Å². The lowest BCUT2D eigenvalue weighted by molar-refractivity contribution is -0.961. The van der Waals surface area contributed by atoms with Crippen molar-refractivity contribution in [2.75, 3.05) is 13.7 Å². The number of aryl methyl sites for hydroxylation is 1. The van der Waals surface area contributed by atoms with Crippen LogP contribution in [0.5, 0.6) is 0 Å². The summed E-state index contributed by atoms with van der Waals surface area (Å²) in [5, 5.41) is 15.4. The third-order valence-electron chi connectivity index (χ3n) is 8.37. The van der Waals surface area contributed by atoms with Crippen molar-refractivity contribution < 1.29 is 28.7 Å². The van der Waals surface area contributed by atoms with Crippen molar-refractivity contribution in [1.82, 2.24) is 0 Å². The molecule has 2 saturated heterocycles. The van der Waals surface area contributed by atoms with Crippen LogP contribution in [0.25, 0.3) is 0 Å². The topological polar surface area (TPSA) is 72.8 Å². The van der Waals surface area contributed by atoms with Crippen LogP contribution in [0.3, 0.4) is 0 Å². The highest BCUT2D eigenvalue weighted by atomic mass is 32.1. The molecule has 1 aromatic carbocycles. The average Bonchev–Trinajstić information content (AvgIpc) is 3.66. The maximum absolute atomic E-state index is 13.5. The maximum Gasteiger partial charge on any atom is 0.349 e. The molecule has 2 bridgehead atoms. The van der Waals surface area contributed by atoms with Gasteiger partial charge in [0, 0.05) is 37.7 Å². The quantitative estimate of drug-likeness (QED) is 0.268. The van der Waals surface area contributed by atoms with E-state index in [-0.39, 0.29) is 12.1 Å². The van der Waals surface area contributed by atoms with Crippen LogP contribution in [-0.2, 0) is 37.6 Å². The minimum atomic E-state index is -1.76. The molecular weight excluding hydrogens is 518 g/mol. The van der Waals surface area contributed by atoms with Gasteiger partial charge in [-0.05, 0) is 41.8 Å². The Labute approximate surface area is 232 Å². The predicted octanol–water partition coefficient (Wildman–Crippen LogP) is 5.42. The van der Waals surface area contributed by atoms with E-state index < -0.39 is 11.6 Å². The molecule has 2 fully saturated rings. The first-order chi connectivity index (χ1) is 18.3. The summed E-state index contributed by atoms with van der Waals surface area (Å²) in [7, 11) is 2.34. The van der Waals surface area contributed by atoms with E-state index in [0.29, 0.717) is 41.3 Å². The fourth-order valence-corrected chi connectivity index (χ4v) is 7.97. The van der Waals surface area contributed by atoms with Crippen molar-refractivity contribution in [3.63, 3.8) is 0 Å². The summed E-state index contributed by atoms with van der Waals surface area (Å²) in [5.74, 6) is -0.722. The van der Waals surface area contributed by atoms with E-state index in [4.69, 9.17) is 9.47 Å². The van der Waals surface area contributed by atoms with Crippen molar-refractivity contribution >= 4 is 34.6 Å². The Balaban J connectivity index is 1.23. The van der Waals surface area contributed by atoms with Crippen LogP contribution in [-0.4, -0.2) is 53.4 Å². The highest BCUT2D eigenvalue weighted by Crippen LogP contribution is 2.45. The number of fused-ring (bicyclic) bond motifs is 2. The van der Waals surface area contributed by atoms with Gasteiger partial charge in [0.2, 0.25) is 5.60 Å². The van der Waals surface area contributed by atoms with E-state index in [0.717, 1.165) is 42.3 Å². The van der Waals surface area contributed by atoms with Crippen molar-refractivity contribution in [2.24, 2.45) is 0 Å². The molecule has 3 aromatic rings. The highest BCUT2D eigenvalue weighted by Gasteiger charge is 2.53. The molecule has 1 N–H and O–H groups in total. The van der Waals surface area contributed by atoms with Gasteiger partial charge in [0.15, 0.2) is 0 Å². The number of nitrogens with zero attached hydrogens (tertiary/aromatic N) is 1. The minimum absolute atomic E-state index is 0.154. The lowest BCUT2D eigenvalue weighted by Gasteiger charge is -2.47. The minimum Gasteiger partial charge on any atom is -0.466 e. The zero-order valence-electron chi connectivity index (χ0n) is 22.0. The maximum atomic E-state index is 13.5. The summed E-state index contributed by atoms with van der Waals surface area (Å²) in [5.41, 5.74) is 0.665. The standard InChI is InChI=1S/C30H36NO5S2/c1-3-35-28(32)15-12-21-8-10-22(11-9-21)20-31(2)23-13-14-24(31)19-25(18-23)36-29(33)30(34,26-6-4-16-37-26)27-7-5-17-38-27/h4-11,16-17,23-25,34H,3,12-15,18-20H2,1-2H3/q+1. The molecular formula is C30H36NO5S2+. The number of ether oxygens (including phenoxy) is 2. The number of rotatable bonds is 10. The van der Waals surface area contributed by atoms with E-state index in [1.54, 1.807) is 12.1 Å². The summed E-state index contributed by atoms with van der Waals surface area (Å²) in [6, 6.07) is 16.7. The number of hydrogen-bond acceptors (Lipinski definition) is 7. The van der Waals surface area contributed by atoms with Gasteiger partial charge in [0.05, 0.1) is 35.5 Å². The van der Waals surface area contributed by atoms with E-state index in [1.807, 2.05) is 29.8 Å². The van der Waals surface area contributed by atoms with Crippen LogP contribution in [0.15, 0.2) is 59.3 Å². The average molecular weight is 555 g/mol. The van der Waals surface area contributed by atoms with E-state index in [1.165, 1.54) is 28.2 Å². The summed E-state index contributed by atoms with van der Waals surface area (Å²) >= 11 is 2.74. The van der Waals surface area contributed by atoms with Gasteiger partial charge in [-0.1, -0.05) is 36.4 Å². The Hall–Kier alpha value is -2.52. The molecule has 4 heterocycles. The molecule has 2 aromatic heterocycles. The van der Waals surface area contributed by atoms with Crippen molar-refractivity contribution in [2.45, 2.75) is 75.8 Å². The first kappa shape index (κ1) is 27.1. The molecule has 2 aliphatic heterocycles. The molecule has 0 spiro atoms. The number of carbonyl (C=O) groups is 2. The first-order valence-electron chi connectivity index (χ1n) is 13.4. The van der Waals surface area contributed by atoms with Crippen LogP contribution in [0, 0.1) is 0 Å². The molecule has 0 aliphatic carbocycles. The van der Waals surface area contributed by atoms with Crippen LogP contribution >= 0.6 is 22.7 Å². The summed E-state index contributed by atoms with van der Waals surface area (Å²) in [6.07, 6.45) is 4.75. The lowest BCUT2D eigenvalue weighted by Crippen LogP contribution is -2.58. The summed E-state index contributed by atoms with van der Waals surface area (Å²) in [4.78, 5) is 26.3. The smallest absolute Gasteiger partial charge is 0.349 e. The van der Waals surface area contributed by atoms with Crippen molar-refractivity contribution in [1.29, 1.82) is 0 Å². The van der Waals surface area contributed by atoms with Gasteiger partial charge in [-0.2, -0.15) is 0 Å². The Kier molecular flexibility index (Phi) is 8.05. The van der Waals surface area contributed by atoms with E-state index >= 15 is 0 Å². The monoisotopic (exact) mass is 554 g/mol. The largest absolute Gasteiger partial charge is 0.466 e. The van der Waals surface area contributed by atoms with Gasteiger partial charge >= 0.3 is 11.9 Å². The van der Waals surface area contributed by atoms with Gasteiger partial charge in [0.1, 0.15) is 12.6 Å². The fourth-order valence-electron chi connectivity index (χ4n) is 6.26. The Bertz CT molecular complexity index is 1170. The SMILES string of the molecule is CCOC(=O)CCc1ccc(C[N+]2(C)C3CCC2CC(OC(=O)C(O)(c2cccs2)c2cccs2)C3)cc1. The molecule has 2 aliphatic rings. The molecule has 38 heavy (non-hydrogen) atoms. The van der Waals surface area contributed by atoms with E-state index in [9.17, 15) is 14.7 Å². The molecule has 6 nitrogen and oxygen atoms in total. The van der Waals surface area contributed by atoms with Crippen LogP contribution in [0.1, 0.15) is 59.9 Å². The zero-order valence-corrected chi connectivity index (χ0v) is 23.6. The van der Waals surface area contributed by atoms with Crippen molar-refractivity contribution in [3.05, 3.63) is 80.2 Å². The molecule has 5 rings (SSSR count). The molecule has 202 valence electrons. The molecule has 8 heteroatoms. The zero-order chi connectivity index (χ0) is 26.8. The Morgan fingerprint density at radius 3 is 2.08 bits per heavy atom. The molecule has 0 amide bonds. The van der Waals surface area contributed by atoms with Crippen LogP contribution in [0.2, 0.25) is 0 Å². The second kappa shape index (κ2) is 11.3. The summed E-state index contributed by atoms with van der Waals surface area (Å²) < 4.78 is 12.1. The van der Waals surface area contributed by atoms with Gasteiger partial charge in [-0.25, -0.2) is 4.79 Å². The Morgan fingerprint density at radius 2 is 1.55 bits per heavy atom. The number of aliphatic hydroxyl groups is 1. The molecule has 0 radical (unpaired) electrons. The molecule has 2 unspecified atom stereocenters. The number of thiophene rings is 2. The number of piperidine rings is 1. The molecule has 0 saturated carbocycles. The van der Waals surface area contributed by atoms with Crippen LogP contribution < -0.4 is 0 Å². The van der Waals surface area contributed by atoms with E-state index in [2.05, 4.69) is 31.3 Å². The fraction of sp³-hybridized carbons (Fsp3) is 0.467. The second-order valence-corrected chi connectivity index (χ2v) is 12.6. The normalized spacial score (nSPS) is 24.8. The predicted molar refractivity (Wildman–Crippen MR) is 149 cm³/mol. The van der Waals surface area contributed by atoms with Gasteiger partial charge in [0.25, 0.3) is 0 Å². The number of hydrogen-bond donors (Lipinski definition) is 1. The number of quaternary nitrogens is 1. The highest BCUT2D eigenvalue weighted by molar-refractivity contribution is 7.12. The summed E-state index contributed by atoms with van der Waals surface area (Å²) in [6.45, 7) is 3.18. The second-order valence-electron chi connectivity index (χ2n) is 10.7. The van der Waals surface area contributed by atoms with Crippen LogP contribution in [0.4, 0.5) is 0 Å². The van der Waals surface area contributed by atoms with Crippen molar-refractivity contribution in [3.8, 4) is 0 Å². The molecule has 2 atom stereocenters. The number of esters is 2. The number of benzene rings is 1. The lowest BCUT2D eigenvalue weighted by atomic mass is 9.94. The first-order valence-corrected chi connectivity index (χ1v) is 15.2. The number of carbonyl (C=O) groups excluding carboxylic acids is 2. The third kappa shape index (κ3) is 5.32.